The van der Waals surface area contributed by atoms with Crippen LogP contribution in [0.15, 0.2) is 55.3 Å². The lowest BCUT2D eigenvalue weighted by molar-refractivity contribution is 0.983. The fourth-order valence-corrected chi connectivity index (χ4v) is 1.68. The summed E-state index contributed by atoms with van der Waals surface area (Å²) in [5, 5.41) is 6.36. The van der Waals surface area contributed by atoms with Crippen molar-refractivity contribution in [1.82, 2.24) is 9.97 Å². The van der Waals surface area contributed by atoms with E-state index in [1.807, 2.05) is 24.3 Å². The van der Waals surface area contributed by atoms with Gasteiger partial charge in [0.1, 0.15) is 5.82 Å². The van der Waals surface area contributed by atoms with E-state index in [1.54, 1.807) is 12.3 Å². The Hall–Kier alpha value is -2.36. The minimum Gasteiger partial charge on any atom is -0.366 e. The third-order valence-electron chi connectivity index (χ3n) is 2.62. The normalized spacial score (nSPS) is 9.89. The van der Waals surface area contributed by atoms with E-state index in [1.165, 1.54) is 5.56 Å². The van der Waals surface area contributed by atoms with Crippen LogP contribution in [0.1, 0.15) is 5.56 Å². The number of rotatable bonds is 7. The molecule has 4 heteroatoms. The predicted octanol–water partition coefficient (Wildman–Crippen LogP) is 2.73. The molecular formula is C15H18N4. The van der Waals surface area contributed by atoms with E-state index in [-0.39, 0.29) is 0 Å². The number of nitrogens with zero attached hydrogens (tertiary/aromatic N) is 2. The summed E-state index contributed by atoms with van der Waals surface area (Å²) in [6.07, 6.45) is 4.49. The van der Waals surface area contributed by atoms with Crippen molar-refractivity contribution < 1.29 is 0 Å². The molecule has 2 rings (SSSR count). The lowest BCUT2D eigenvalue weighted by atomic mass is 10.1. The van der Waals surface area contributed by atoms with Crippen molar-refractivity contribution in [1.29, 1.82) is 0 Å². The van der Waals surface area contributed by atoms with E-state index in [0.29, 0.717) is 12.5 Å². The Kier molecular flexibility index (Phi) is 4.93. The van der Waals surface area contributed by atoms with Gasteiger partial charge in [-0.15, -0.1) is 6.58 Å². The average molecular weight is 254 g/mol. The van der Waals surface area contributed by atoms with Crippen LogP contribution in [-0.4, -0.2) is 23.1 Å². The van der Waals surface area contributed by atoms with Gasteiger partial charge in [-0.1, -0.05) is 36.4 Å². The zero-order valence-corrected chi connectivity index (χ0v) is 10.8. The van der Waals surface area contributed by atoms with Gasteiger partial charge in [0.05, 0.1) is 0 Å². The van der Waals surface area contributed by atoms with Crippen LogP contribution in [0.25, 0.3) is 0 Å². The Morgan fingerprint density at radius 1 is 1.11 bits per heavy atom. The maximum absolute atomic E-state index is 4.36. The topological polar surface area (TPSA) is 49.8 Å². The van der Waals surface area contributed by atoms with Crippen LogP contribution < -0.4 is 10.6 Å². The molecule has 0 unspecified atom stereocenters. The molecular weight excluding hydrogens is 236 g/mol. The summed E-state index contributed by atoms with van der Waals surface area (Å²) in [4.78, 5) is 8.55. The molecule has 0 aliphatic rings. The molecule has 0 aliphatic carbocycles. The van der Waals surface area contributed by atoms with Gasteiger partial charge in [0.2, 0.25) is 5.95 Å². The Balaban J connectivity index is 1.84. The Morgan fingerprint density at radius 3 is 2.74 bits per heavy atom. The van der Waals surface area contributed by atoms with E-state index in [0.717, 1.165) is 18.8 Å². The van der Waals surface area contributed by atoms with Crippen LogP contribution >= 0.6 is 0 Å². The second-order valence-electron chi connectivity index (χ2n) is 4.10. The van der Waals surface area contributed by atoms with Crippen molar-refractivity contribution in [2.24, 2.45) is 0 Å². The summed E-state index contributed by atoms with van der Waals surface area (Å²) in [6, 6.07) is 12.2. The van der Waals surface area contributed by atoms with E-state index in [9.17, 15) is 0 Å². The highest BCUT2D eigenvalue weighted by Gasteiger charge is 1.98. The summed E-state index contributed by atoms with van der Waals surface area (Å²) in [5.74, 6) is 1.45. The third kappa shape index (κ3) is 4.43. The summed E-state index contributed by atoms with van der Waals surface area (Å²) < 4.78 is 0. The van der Waals surface area contributed by atoms with Crippen molar-refractivity contribution in [3.63, 3.8) is 0 Å². The first-order chi connectivity index (χ1) is 9.38. The minimum absolute atomic E-state index is 0.644. The fraction of sp³-hybridized carbons (Fsp3) is 0.200. The number of hydrogen-bond donors (Lipinski definition) is 2. The van der Waals surface area contributed by atoms with Crippen molar-refractivity contribution in [3.8, 4) is 0 Å². The van der Waals surface area contributed by atoms with Crippen LogP contribution in [0.2, 0.25) is 0 Å². The SMILES string of the molecule is C=CCNc1ccnc(NCCc2ccccc2)n1. The molecule has 0 radical (unpaired) electrons. The van der Waals surface area contributed by atoms with Gasteiger partial charge in [0.25, 0.3) is 0 Å². The molecule has 2 N–H and O–H groups in total. The van der Waals surface area contributed by atoms with Gasteiger partial charge in [-0.05, 0) is 18.1 Å². The first-order valence-electron chi connectivity index (χ1n) is 6.34. The monoisotopic (exact) mass is 254 g/mol. The maximum Gasteiger partial charge on any atom is 0.224 e. The Morgan fingerprint density at radius 2 is 1.95 bits per heavy atom. The highest BCUT2D eigenvalue weighted by Crippen LogP contribution is 2.06. The van der Waals surface area contributed by atoms with Gasteiger partial charge in [-0.3, -0.25) is 0 Å². The van der Waals surface area contributed by atoms with Crippen LogP contribution in [0.4, 0.5) is 11.8 Å². The Bertz CT molecular complexity index is 511. The zero-order valence-electron chi connectivity index (χ0n) is 10.8. The molecule has 0 saturated heterocycles. The minimum atomic E-state index is 0.644. The molecule has 0 bridgehead atoms. The van der Waals surface area contributed by atoms with Gasteiger partial charge < -0.3 is 10.6 Å². The zero-order chi connectivity index (χ0) is 13.3. The van der Waals surface area contributed by atoms with Crippen LogP contribution in [0, 0.1) is 0 Å². The molecule has 98 valence electrons. The summed E-state index contributed by atoms with van der Waals surface area (Å²) in [6.45, 7) is 5.17. The maximum atomic E-state index is 4.36. The molecule has 1 aromatic heterocycles. The van der Waals surface area contributed by atoms with E-state index < -0.39 is 0 Å². The smallest absolute Gasteiger partial charge is 0.224 e. The molecule has 0 aliphatic heterocycles. The molecule has 4 nitrogen and oxygen atoms in total. The van der Waals surface area contributed by atoms with Crippen molar-refractivity contribution in [3.05, 3.63) is 60.8 Å². The summed E-state index contributed by atoms with van der Waals surface area (Å²) in [7, 11) is 0. The number of benzene rings is 1. The summed E-state index contributed by atoms with van der Waals surface area (Å²) in [5.41, 5.74) is 1.30. The second kappa shape index (κ2) is 7.16. The van der Waals surface area contributed by atoms with Crippen molar-refractivity contribution >= 4 is 11.8 Å². The molecule has 0 fully saturated rings. The molecule has 0 spiro atoms. The van der Waals surface area contributed by atoms with Gasteiger partial charge in [0, 0.05) is 19.3 Å². The van der Waals surface area contributed by atoms with Gasteiger partial charge in [0.15, 0.2) is 0 Å². The predicted molar refractivity (Wildman–Crippen MR) is 79.4 cm³/mol. The quantitative estimate of drug-likeness (QED) is 0.746. The molecule has 2 aromatic rings. The molecule has 1 aromatic carbocycles. The molecule has 1 heterocycles. The molecule has 0 atom stereocenters. The second-order valence-corrected chi connectivity index (χ2v) is 4.10. The number of hydrogen-bond acceptors (Lipinski definition) is 4. The summed E-state index contributed by atoms with van der Waals surface area (Å²) >= 11 is 0. The number of anilines is 2. The first-order valence-corrected chi connectivity index (χ1v) is 6.34. The van der Waals surface area contributed by atoms with E-state index >= 15 is 0 Å². The standard InChI is InChI=1S/C15H18N4/c1-2-10-16-14-9-12-18-15(19-14)17-11-8-13-6-4-3-5-7-13/h2-7,9,12H,1,8,10-11H2,(H2,16,17,18,19). The Labute approximate surface area is 113 Å². The van der Waals surface area contributed by atoms with E-state index in [2.05, 4.69) is 39.3 Å². The molecule has 0 amide bonds. The fourth-order valence-electron chi connectivity index (χ4n) is 1.68. The van der Waals surface area contributed by atoms with Gasteiger partial charge in [-0.2, -0.15) is 4.98 Å². The molecule has 19 heavy (non-hydrogen) atoms. The highest BCUT2D eigenvalue weighted by atomic mass is 15.1. The number of nitrogens with one attached hydrogen (secondary N) is 2. The first kappa shape index (κ1) is 13.1. The largest absolute Gasteiger partial charge is 0.366 e. The van der Waals surface area contributed by atoms with Gasteiger partial charge >= 0.3 is 0 Å². The van der Waals surface area contributed by atoms with E-state index in [4.69, 9.17) is 0 Å². The lowest BCUT2D eigenvalue weighted by Gasteiger charge is -2.07. The number of aromatic nitrogens is 2. The van der Waals surface area contributed by atoms with Crippen LogP contribution in [-0.2, 0) is 6.42 Å². The molecule has 0 saturated carbocycles. The van der Waals surface area contributed by atoms with Crippen molar-refractivity contribution in [2.75, 3.05) is 23.7 Å². The van der Waals surface area contributed by atoms with Crippen molar-refractivity contribution in [2.45, 2.75) is 6.42 Å². The lowest BCUT2D eigenvalue weighted by Crippen LogP contribution is -2.09. The average Bonchev–Trinajstić information content (AvgIpc) is 2.47. The van der Waals surface area contributed by atoms with Gasteiger partial charge in [-0.25, -0.2) is 4.98 Å². The van der Waals surface area contributed by atoms with Crippen LogP contribution in [0.3, 0.4) is 0 Å². The van der Waals surface area contributed by atoms with Crippen LogP contribution in [0.5, 0.6) is 0 Å². The highest BCUT2D eigenvalue weighted by molar-refractivity contribution is 5.40. The third-order valence-corrected chi connectivity index (χ3v) is 2.62.